The van der Waals surface area contributed by atoms with Crippen molar-refractivity contribution in [2.24, 2.45) is 5.73 Å². The normalized spacial score (nSPS) is 11.8. The fourth-order valence-electron chi connectivity index (χ4n) is 2.32. The number of primary amides is 1. The van der Waals surface area contributed by atoms with E-state index in [1.165, 1.54) is 0 Å². The summed E-state index contributed by atoms with van der Waals surface area (Å²) in [6.45, 7) is -0.508. The van der Waals surface area contributed by atoms with Crippen LogP contribution in [0.3, 0.4) is 0 Å². The van der Waals surface area contributed by atoms with Crippen molar-refractivity contribution in [1.82, 2.24) is 9.21 Å². The predicted octanol–water partition coefficient (Wildman–Crippen LogP) is 1.93. The Hall–Kier alpha value is -2.63. The van der Waals surface area contributed by atoms with Crippen LogP contribution in [-0.4, -0.2) is 57.3 Å². The minimum absolute atomic E-state index is 0.0406. The van der Waals surface area contributed by atoms with Gasteiger partial charge in [0.15, 0.2) is 17.4 Å². The molecule has 0 aliphatic heterocycles. The van der Waals surface area contributed by atoms with Crippen molar-refractivity contribution in [3.63, 3.8) is 0 Å². The van der Waals surface area contributed by atoms with E-state index in [9.17, 15) is 26.4 Å². The predicted molar refractivity (Wildman–Crippen MR) is 99.3 cm³/mol. The van der Waals surface area contributed by atoms with E-state index in [4.69, 9.17) is 10.5 Å². The Morgan fingerprint density at radius 3 is 2.07 bits per heavy atom. The summed E-state index contributed by atoms with van der Waals surface area (Å²) in [4.78, 5) is 12.2. The Bertz CT molecular complexity index is 959. The number of rotatable bonds is 9. The Labute approximate surface area is 166 Å². The molecule has 2 N–H and O–H groups in total. The lowest BCUT2D eigenvalue weighted by Crippen LogP contribution is -2.42. The first-order valence-electron chi connectivity index (χ1n) is 8.36. The van der Waals surface area contributed by atoms with Gasteiger partial charge < -0.3 is 15.4 Å². The number of carbonyl (C=O) groups excluding carboxylic acids is 1. The molecule has 0 aromatic heterocycles. The van der Waals surface area contributed by atoms with Crippen LogP contribution < -0.4 is 10.5 Å². The Morgan fingerprint density at radius 1 is 1.03 bits per heavy atom. The average molecular weight is 431 g/mol. The molecule has 0 aliphatic carbocycles. The van der Waals surface area contributed by atoms with E-state index in [2.05, 4.69) is 0 Å². The van der Waals surface area contributed by atoms with Crippen LogP contribution in [0.5, 0.6) is 11.5 Å². The molecule has 0 fully saturated rings. The van der Waals surface area contributed by atoms with Crippen molar-refractivity contribution < 1.29 is 31.1 Å². The van der Waals surface area contributed by atoms with Gasteiger partial charge in [-0.2, -0.15) is 4.31 Å². The fourth-order valence-corrected chi connectivity index (χ4v) is 3.74. The highest BCUT2D eigenvalue weighted by atomic mass is 32.2. The van der Waals surface area contributed by atoms with Crippen LogP contribution >= 0.6 is 0 Å². The second-order valence-corrected chi connectivity index (χ2v) is 8.32. The molecule has 0 heterocycles. The van der Waals surface area contributed by atoms with Crippen LogP contribution in [0.2, 0.25) is 0 Å². The van der Waals surface area contributed by atoms with Gasteiger partial charge in [-0.05, 0) is 50.5 Å². The highest BCUT2D eigenvalue weighted by Gasteiger charge is 2.28. The first kappa shape index (κ1) is 22.7. The second kappa shape index (κ2) is 9.25. The number of carbonyl (C=O) groups is 1. The van der Waals surface area contributed by atoms with Crippen molar-refractivity contribution in [2.75, 3.05) is 33.7 Å². The summed E-state index contributed by atoms with van der Waals surface area (Å²) >= 11 is 0. The van der Waals surface area contributed by atoms with Crippen molar-refractivity contribution in [3.05, 3.63) is 53.8 Å². The largest absolute Gasteiger partial charge is 0.451 e. The molecule has 29 heavy (non-hydrogen) atoms. The molecule has 0 saturated heterocycles. The number of benzene rings is 2. The minimum Gasteiger partial charge on any atom is -0.451 e. The topological polar surface area (TPSA) is 92.9 Å². The van der Waals surface area contributed by atoms with Crippen LogP contribution in [0.15, 0.2) is 41.3 Å². The van der Waals surface area contributed by atoms with E-state index < -0.39 is 50.6 Å². The monoisotopic (exact) mass is 431 g/mol. The quantitative estimate of drug-likeness (QED) is 0.655. The maximum absolute atomic E-state index is 14.4. The number of hydrogen-bond acceptors (Lipinski definition) is 5. The van der Waals surface area contributed by atoms with Gasteiger partial charge in [0.2, 0.25) is 15.9 Å². The Balaban J connectivity index is 2.37. The van der Waals surface area contributed by atoms with E-state index in [-0.39, 0.29) is 18.8 Å². The van der Waals surface area contributed by atoms with E-state index in [1.807, 2.05) is 0 Å². The molecule has 7 nitrogen and oxygen atoms in total. The maximum atomic E-state index is 14.4. The Morgan fingerprint density at radius 2 is 1.59 bits per heavy atom. The standard InChI is InChI=1S/C18H20F3N3O4S/c1-23(2)7-8-24(11-17(22)25)29(26,27)14-9-15(20)18(16(21)10-14)28-13-5-3-12(19)4-6-13/h3-6,9-10H,7-8,11H2,1-2H3,(H2,22,25). The molecule has 0 atom stereocenters. The van der Waals surface area contributed by atoms with Gasteiger partial charge in [0.05, 0.1) is 11.4 Å². The van der Waals surface area contributed by atoms with Gasteiger partial charge in [-0.25, -0.2) is 21.6 Å². The van der Waals surface area contributed by atoms with Crippen LogP contribution in [0, 0.1) is 17.5 Å². The molecule has 2 rings (SSSR count). The number of likely N-dealkylation sites (N-methyl/N-ethyl adjacent to an activating group) is 1. The van der Waals surface area contributed by atoms with Gasteiger partial charge in [-0.15, -0.1) is 0 Å². The highest BCUT2D eigenvalue weighted by Crippen LogP contribution is 2.31. The average Bonchev–Trinajstić information content (AvgIpc) is 2.62. The number of ether oxygens (including phenoxy) is 1. The molecule has 2 aromatic rings. The van der Waals surface area contributed by atoms with Crippen LogP contribution in [0.1, 0.15) is 0 Å². The number of nitrogens with zero attached hydrogens (tertiary/aromatic N) is 2. The molecule has 2 aromatic carbocycles. The molecule has 1 amide bonds. The number of nitrogens with two attached hydrogens (primary N) is 1. The molecule has 0 saturated carbocycles. The van der Waals surface area contributed by atoms with Gasteiger partial charge >= 0.3 is 0 Å². The number of sulfonamides is 1. The third kappa shape index (κ3) is 5.92. The summed E-state index contributed by atoms with van der Waals surface area (Å²) in [5, 5.41) is 0. The fraction of sp³-hybridized carbons (Fsp3) is 0.278. The van der Waals surface area contributed by atoms with E-state index in [0.717, 1.165) is 28.6 Å². The summed E-state index contributed by atoms with van der Waals surface area (Å²) in [6, 6.07) is 5.57. The highest BCUT2D eigenvalue weighted by molar-refractivity contribution is 7.89. The first-order chi connectivity index (χ1) is 13.5. The first-order valence-corrected chi connectivity index (χ1v) is 9.80. The maximum Gasteiger partial charge on any atom is 0.243 e. The summed E-state index contributed by atoms with van der Waals surface area (Å²) < 4.78 is 73.1. The van der Waals surface area contributed by atoms with Crippen molar-refractivity contribution in [1.29, 1.82) is 0 Å². The van der Waals surface area contributed by atoms with Gasteiger partial charge in [-0.3, -0.25) is 4.79 Å². The van der Waals surface area contributed by atoms with Crippen molar-refractivity contribution >= 4 is 15.9 Å². The summed E-state index contributed by atoms with van der Waals surface area (Å²) in [7, 11) is -1.03. The Kier molecular flexibility index (Phi) is 7.22. The third-order valence-electron chi connectivity index (χ3n) is 3.77. The van der Waals surface area contributed by atoms with Crippen LogP contribution in [-0.2, 0) is 14.8 Å². The van der Waals surface area contributed by atoms with Crippen LogP contribution in [0.25, 0.3) is 0 Å². The minimum atomic E-state index is -4.41. The molecule has 158 valence electrons. The van der Waals surface area contributed by atoms with Crippen molar-refractivity contribution in [3.8, 4) is 11.5 Å². The van der Waals surface area contributed by atoms with E-state index >= 15 is 0 Å². The molecular weight excluding hydrogens is 411 g/mol. The summed E-state index contributed by atoms with van der Waals surface area (Å²) in [5.41, 5.74) is 5.10. The SMILES string of the molecule is CN(C)CCN(CC(N)=O)S(=O)(=O)c1cc(F)c(Oc2ccc(F)cc2)c(F)c1. The second-order valence-electron chi connectivity index (χ2n) is 6.38. The lowest BCUT2D eigenvalue weighted by Gasteiger charge is -2.23. The van der Waals surface area contributed by atoms with Crippen molar-refractivity contribution in [2.45, 2.75) is 4.90 Å². The molecule has 11 heteroatoms. The zero-order valence-corrected chi connectivity index (χ0v) is 16.5. The van der Waals surface area contributed by atoms with Gasteiger partial charge in [0.25, 0.3) is 0 Å². The smallest absolute Gasteiger partial charge is 0.243 e. The molecular formula is C18H20F3N3O4S. The molecule has 0 bridgehead atoms. The van der Waals surface area contributed by atoms with Gasteiger partial charge in [-0.1, -0.05) is 0 Å². The van der Waals surface area contributed by atoms with Gasteiger partial charge in [0, 0.05) is 13.1 Å². The number of halogens is 3. The van der Waals surface area contributed by atoms with Crippen LogP contribution in [0.4, 0.5) is 13.2 Å². The molecule has 0 spiro atoms. The third-order valence-corrected chi connectivity index (χ3v) is 5.59. The lowest BCUT2D eigenvalue weighted by atomic mass is 10.3. The summed E-state index contributed by atoms with van der Waals surface area (Å²) in [6.07, 6.45) is 0. The number of hydrogen-bond donors (Lipinski definition) is 1. The zero-order chi connectivity index (χ0) is 21.8. The summed E-state index contributed by atoms with van der Waals surface area (Å²) in [5.74, 6) is -4.91. The molecule has 0 aliphatic rings. The molecule has 0 unspecified atom stereocenters. The van der Waals surface area contributed by atoms with E-state index in [1.54, 1.807) is 19.0 Å². The number of amides is 1. The molecule has 0 radical (unpaired) electrons. The lowest BCUT2D eigenvalue weighted by molar-refractivity contribution is -0.118. The van der Waals surface area contributed by atoms with E-state index in [0.29, 0.717) is 12.1 Å². The zero-order valence-electron chi connectivity index (χ0n) is 15.7. The van der Waals surface area contributed by atoms with Gasteiger partial charge in [0.1, 0.15) is 11.6 Å².